The quantitative estimate of drug-likeness (QED) is 0.682. The van der Waals surface area contributed by atoms with Gasteiger partial charge in [0.1, 0.15) is 5.75 Å². The Bertz CT molecular complexity index is 504. The lowest BCUT2D eigenvalue weighted by atomic mass is 10.1. The number of methoxy groups -OCH3 is 1. The van der Waals surface area contributed by atoms with Crippen molar-refractivity contribution in [3.05, 3.63) is 30.0 Å². The average molecular weight is 217 g/mol. The number of nitrogens with two attached hydrogens (primary N) is 1. The van der Waals surface area contributed by atoms with Gasteiger partial charge in [-0.05, 0) is 30.2 Å². The molecule has 4 nitrogen and oxygen atoms in total. The number of hydrogen-bond donors (Lipinski definition) is 3. The number of H-pyrrole nitrogens is 1. The topological polar surface area (TPSA) is 74.9 Å². The van der Waals surface area contributed by atoms with Gasteiger partial charge in [0.2, 0.25) is 0 Å². The van der Waals surface area contributed by atoms with Crippen LogP contribution in [-0.2, 0) is 6.42 Å². The van der Waals surface area contributed by atoms with Crippen LogP contribution in [0.2, 0.25) is 0 Å². The van der Waals surface area contributed by atoms with Gasteiger partial charge in [-0.3, -0.25) is 0 Å². The minimum Gasteiger partial charge on any atom is -0.497 e. The fourth-order valence-electron chi connectivity index (χ4n) is 1.77. The minimum absolute atomic E-state index is 0.231. The van der Waals surface area contributed by atoms with Crippen LogP contribution in [0, 0.1) is 5.41 Å². The van der Waals surface area contributed by atoms with Gasteiger partial charge in [-0.25, -0.2) is 0 Å². The van der Waals surface area contributed by atoms with Gasteiger partial charge in [0, 0.05) is 29.4 Å². The number of hydrogen-bond acceptors (Lipinski definition) is 3. The number of aromatic amines is 1. The molecule has 0 aliphatic carbocycles. The van der Waals surface area contributed by atoms with Gasteiger partial charge in [0.15, 0.2) is 0 Å². The third-order valence-corrected chi connectivity index (χ3v) is 2.64. The van der Waals surface area contributed by atoms with Crippen molar-refractivity contribution in [2.45, 2.75) is 12.5 Å². The first-order valence-electron chi connectivity index (χ1n) is 5.14. The van der Waals surface area contributed by atoms with Gasteiger partial charge < -0.3 is 20.9 Å². The molecule has 0 saturated heterocycles. The zero-order valence-electron chi connectivity index (χ0n) is 9.16. The third kappa shape index (κ3) is 1.92. The number of nitrogens with one attached hydrogen (secondary N) is 2. The predicted octanol–water partition coefficient (Wildman–Crippen LogP) is 1.70. The van der Waals surface area contributed by atoms with Crippen LogP contribution in [0.3, 0.4) is 0 Å². The molecule has 0 bridgehead atoms. The highest BCUT2D eigenvalue weighted by molar-refractivity contribution is 5.85. The lowest BCUT2D eigenvalue weighted by Gasteiger charge is -2.04. The lowest BCUT2D eigenvalue weighted by molar-refractivity contribution is 0.415. The summed E-state index contributed by atoms with van der Waals surface area (Å²) in [5.41, 5.74) is 7.92. The molecular formula is C12H15N3O. The van der Waals surface area contributed by atoms with Crippen LogP contribution < -0.4 is 10.5 Å². The summed E-state index contributed by atoms with van der Waals surface area (Å²) < 4.78 is 5.19. The summed E-state index contributed by atoms with van der Waals surface area (Å²) in [5.74, 6) is 0.830. The molecule has 1 heterocycles. The Hall–Kier alpha value is -1.81. The van der Waals surface area contributed by atoms with Crippen LogP contribution in [-0.4, -0.2) is 24.4 Å². The second-order valence-corrected chi connectivity index (χ2v) is 3.76. The summed E-state index contributed by atoms with van der Waals surface area (Å²) >= 11 is 0. The molecule has 2 aromatic rings. The maximum Gasteiger partial charge on any atom is 0.119 e. The Morgan fingerprint density at radius 3 is 3.06 bits per heavy atom. The summed E-state index contributed by atoms with van der Waals surface area (Å²) in [6, 6.07) is 5.65. The number of benzene rings is 1. The van der Waals surface area contributed by atoms with Gasteiger partial charge in [-0.2, -0.15) is 0 Å². The van der Waals surface area contributed by atoms with Crippen molar-refractivity contribution in [3.63, 3.8) is 0 Å². The largest absolute Gasteiger partial charge is 0.497 e. The van der Waals surface area contributed by atoms with E-state index in [-0.39, 0.29) is 6.04 Å². The highest BCUT2D eigenvalue weighted by Gasteiger charge is 2.07. The second kappa shape index (κ2) is 4.37. The Balaban J connectivity index is 2.41. The van der Waals surface area contributed by atoms with E-state index in [9.17, 15) is 0 Å². The van der Waals surface area contributed by atoms with Crippen LogP contribution in [0.25, 0.3) is 10.9 Å². The van der Waals surface area contributed by atoms with E-state index >= 15 is 0 Å². The van der Waals surface area contributed by atoms with E-state index in [0.29, 0.717) is 6.42 Å². The summed E-state index contributed by atoms with van der Waals surface area (Å²) in [4.78, 5) is 3.18. The van der Waals surface area contributed by atoms with E-state index in [1.54, 1.807) is 7.11 Å². The summed E-state index contributed by atoms with van der Waals surface area (Å²) in [6.45, 7) is 0. The first kappa shape index (κ1) is 10.7. The maximum absolute atomic E-state index is 7.11. The number of fused-ring (bicyclic) bond motifs is 1. The molecule has 0 amide bonds. The molecule has 0 spiro atoms. The van der Waals surface area contributed by atoms with Gasteiger partial charge in [-0.1, -0.05) is 0 Å². The number of ether oxygens (including phenoxy) is 1. The van der Waals surface area contributed by atoms with Crippen molar-refractivity contribution in [1.29, 1.82) is 5.41 Å². The van der Waals surface area contributed by atoms with Crippen LogP contribution in [0.5, 0.6) is 5.75 Å². The van der Waals surface area contributed by atoms with E-state index in [1.165, 1.54) is 6.21 Å². The SMILES string of the molecule is COc1ccc2[nH]cc(CC(N)C=N)c2c1. The fourth-order valence-corrected chi connectivity index (χ4v) is 1.77. The third-order valence-electron chi connectivity index (χ3n) is 2.64. The number of rotatable bonds is 4. The van der Waals surface area contributed by atoms with Crippen LogP contribution in [0.4, 0.5) is 0 Å². The fraction of sp³-hybridized carbons (Fsp3) is 0.250. The Kier molecular flexibility index (Phi) is 2.92. The highest BCUT2D eigenvalue weighted by atomic mass is 16.5. The summed E-state index contributed by atoms with van der Waals surface area (Å²) in [6.07, 6.45) is 3.86. The summed E-state index contributed by atoms with van der Waals surface area (Å²) in [5, 5.41) is 8.22. The van der Waals surface area contributed by atoms with Gasteiger partial charge in [0.05, 0.1) is 7.11 Å². The van der Waals surface area contributed by atoms with E-state index in [0.717, 1.165) is 22.2 Å². The Morgan fingerprint density at radius 1 is 1.56 bits per heavy atom. The van der Waals surface area contributed by atoms with Gasteiger partial charge >= 0.3 is 0 Å². The van der Waals surface area contributed by atoms with E-state index < -0.39 is 0 Å². The van der Waals surface area contributed by atoms with Crippen molar-refractivity contribution in [1.82, 2.24) is 4.98 Å². The summed E-state index contributed by atoms with van der Waals surface area (Å²) in [7, 11) is 1.65. The van der Waals surface area contributed by atoms with E-state index in [2.05, 4.69) is 4.98 Å². The molecular weight excluding hydrogens is 202 g/mol. The molecule has 1 unspecified atom stereocenters. The maximum atomic E-state index is 7.11. The molecule has 1 aromatic heterocycles. The lowest BCUT2D eigenvalue weighted by Crippen LogP contribution is -2.23. The Labute approximate surface area is 93.9 Å². The van der Waals surface area contributed by atoms with Crippen molar-refractivity contribution < 1.29 is 4.74 Å². The Morgan fingerprint density at radius 2 is 2.38 bits per heavy atom. The molecule has 4 heteroatoms. The zero-order chi connectivity index (χ0) is 11.5. The molecule has 0 aliphatic heterocycles. The second-order valence-electron chi connectivity index (χ2n) is 3.76. The van der Waals surface area contributed by atoms with Crippen molar-refractivity contribution in [2.75, 3.05) is 7.11 Å². The molecule has 0 radical (unpaired) electrons. The normalized spacial score (nSPS) is 12.6. The standard InChI is InChI=1S/C12H15N3O/c1-16-10-2-3-12-11(5-10)8(7-15-12)4-9(14)6-13/h2-3,5-7,9,13,15H,4,14H2,1H3. The molecule has 2 rings (SSSR count). The van der Waals surface area contributed by atoms with Crippen molar-refractivity contribution in [2.24, 2.45) is 5.73 Å². The van der Waals surface area contributed by atoms with E-state index in [1.807, 2.05) is 24.4 Å². The predicted molar refractivity (Wildman–Crippen MR) is 65.3 cm³/mol. The van der Waals surface area contributed by atoms with Gasteiger partial charge in [0.25, 0.3) is 0 Å². The molecule has 0 saturated carbocycles. The molecule has 84 valence electrons. The van der Waals surface area contributed by atoms with Crippen molar-refractivity contribution >= 4 is 17.1 Å². The van der Waals surface area contributed by atoms with E-state index in [4.69, 9.17) is 15.9 Å². The van der Waals surface area contributed by atoms with Crippen LogP contribution in [0.15, 0.2) is 24.4 Å². The zero-order valence-corrected chi connectivity index (χ0v) is 9.16. The number of aromatic nitrogens is 1. The highest BCUT2D eigenvalue weighted by Crippen LogP contribution is 2.24. The molecule has 1 aromatic carbocycles. The average Bonchev–Trinajstić information content (AvgIpc) is 2.71. The van der Waals surface area contributed by atoms with Crippen LogP contribution >= 0.6 is 0 Å². The monoisotopic (exact) mass is 217 g/mol. The van der Waals surface area contributed by atoms with Crippen LogP contribution in [0.1, 0.15) is 5.56 Å². The van der Waals surface area contributed by atoms with Gasteiger partial charge in [-0.15, -0.1) is 0 Å². The molecule has 4 N–H and O–H groups in total. The smallest absolute Gasteiger partial charge is 0.119 e. The molecule has 0 fully saturated rings. The van der Waals surface area contributed by atoms with Crippen molar-refractivity contribution in [3.8, 4) is 5.75 Å². The molecule has 1 atom stereocenters. The molecule has 0 aliphatic rings. The first-order chi connectivity index (χ1) is 7.74. The first-order valence-corrected chi connectivity index (χ1v) is 5.14. The molecule has 16 heavy (non-hydrogen) atoms. The minimum atomic E-state index is -0.231.